The molecule has 5 heterocycles. The normalized spacial score (nSPS) is 13.5. The maximum absolute atomic E-state index is 2.70. The van der Waals surface area contributed by atoms with E-state index in [1.165, 1.54) is 138 Å². The summed E-state index contributed by atoms with van der Waals surface area (Å²) in [5, 5.41) is 7.36. The molecule has 104 heavy (non-hydrogen) atoms. The largest absolute Gasteiger partial charge is 0.311 e. The van der Waals surface area contributed by atoms with Gasteiger partial charge in [0.25, 0.3) is 6.71 Å². The first-order valence-corrected chi connectivity index (χ1v) is 37.3. The van der Waals surface area contributed by atoms with E-state index in [0.717, 1.165) is 45.3 Å². The molecule has 2 aliphatic rings. The van der Waals surface area contributed by atoms with Crippen LogP contribution < -0.4 is 26.2 Å². The second-order valence-electron chi connectivity index (χ2n) is 34.7. The van der Waals surface area contributed by atoms with Crippen LogP contribution in [0.1, 0.15) is 132 Å². The molecule has 0 bridgehead atoms. The van der Waals surface area contributed by atoms with Crippen molar-refractivity contribution < 1.29 is 0 Å². The van der Waals surface area contributed by atoms with Crippen molar-refractivity contribution in [2.45, 2.75) is 131 Å². The number of hydrogen-bond donors (Lipinski definition) is 0. The summed E-state index contributed by atoms with van der Waals surface area (Å²) in [7, 11) is 0. The Labute approximate surface area is 613 Å². The zero-order valence-corrected chi connectivity index (χ0v) is 62.8. The van der Waals surface area contributed by atoms with E-state index in [1.54, 1.807) is 0 Å². The van der Waals surface area contributed by atoms with E-state index in [0.29, 0.717) is 0 Å². The Bertz CT molecular complexity index is 6130. The van der Waals surface area contributed by atoms with Crippen molar-refractivity contribution in [1.82, 2.24) is 13.7 Å². The molecule has 6 heteroatoms. The van der Waals surface area contributed by atoms with Crippen molar-refractivity contribution in [2.75, 3.05) is 9.80 Å². The Hall–Kier alpha value is -11.1. The zero-order valence-electron chi connectivity index (χ0n) is 62.8. The minimum Gasteiger partial charge on any atom is -0.311 e. The van der Waals surface area contributed by atoms with Crippen LogP contribution in [0.3, 0.4) is 0 Å². The molecule has 16 aromatic rings. The van der Waals surface area contributed by atoms with E-state index >= 15 is 0 Å². The molecule has 0 fully saturated rings. The third-order valence-electron chi connectivity index (χ3n) is 22.8. The van der Waals surface area contributed by atoms with Crippen LogP contribution in [-0.2, 0) is 27.1 Å². The van der Waals surface area contributed by atoms with Gasteiger partial charge in [-0.05, 0) is 192 Å². The Kier molecular flexibility index (Phi) is 14.5. The summed E-state index contributed by atoms with van der Waals surface area (Å²) in [5.41, 5.74) is 31.8. The highest BCUT2D eigenvalue weighted by Gasteiger charge is 2.46. The quantitative estimate of drug-likeness (QED) is 0.148. The van der Waals surface area contributed by atoms with Gasteiger partial charge in [-0.15, -0.1) is 0 Å². The average molecular weight is 1350 g/mol. The number of para-hydroxylation sites is 5. The molecule has 0 radical (unpaired) electrons. The van der Waals surface area contributed by atoms with Crippen molar-refractivity contribution in [3.63, 3.8) is 0 Å². The summed E-state index contributed by atoms with van der Waals surface area (Å²) in [6.07, 6.45) is 0. The van der Waals surface area contributed by atoms with Crippen LogP contribution in [0.15, 0.2) is 273 Å². The van der Waals surface area contributed by atoms with Gasteiger partial charge in [0, 0.05) is 83.3 Å². The van der Waals surface area contributed by atoms with Crippen LogP contribution in [0.2, 0.25) is 0 Å². The zero-order chi connectivity index (χ0) is 71.8. The van der Waals surface area contributed by atoms with E-state index in [1.807, 2.05) is 0 Å². The van der Waals surface area contributed by atoms with Crippen LogP contribution in [-0.4, -0.2) is 20.4 Å². The molecule has 13 aromatic carbocycles. The summed E-state index contributed by atoms with van der Waals surface area (Å²) in [4.78, 5) is 5.39. The maximum Gasteiger partial charge on any atom is 0.252 e. The second kappa shape index (κ2) is 23.2. The molecule has 0 N–H and O–H groups in total. The molecular formula is C98H90BN5. The van der Waals surface area contributed by atoms with Crippen molar-refractivity contribution in [3.05, 3.63) is 301 Å². The number of fused-ring (bicyclic) bond motifs is 13. The van der Waals surface area contributed by atoms with Crippen molar-refractivity contribution in [1.29, 1.82) is 0 Å². The highest BCUT2D eigenvalue weighted by atomic mass is 15.2. The first-order chi connectivity index (χ1) is 49.8. The molecule has 0 aliphatic carbocycles. The summed E-state index contributed by atoms with van der Waals surface area (Å²) < 4.78 is 7.51. The number of benzene rings is 13. The predicted octanol–water partition coefficient (Wildman–Crippen LogP) is 24.9. The standard InChI is InChI=1S/C98H90BN5/c1-94(2,3)63-41-37-61(38-42-63)75-53-65(96(7,8)9)45-51-85(75)103-89-57-69(101-81-33-23-19-29-71(81)72-30-20-24-34-82(72)101)47-49-79(89)99-80-50-48-70(102-84-36-26-22-32-74(84)78-59-87-77(60-88(78)102)73-31-21-25-35-83(73)100(87)68-27-17-16-18-28-68)58-90(80)104(92-56-67(98(13,14)15)55-91(103)93(92)99)86-52-46-66(97(10,11)12)54-76(86)62-39-43-64(44-40-62)95(4,5)6/h16-60H,1-15H3. The topological polar surface area (TPSA) is 21.3 Å². The fourth-order valence-electron chi connectivity index (χ4n) is 17.1. The Morgan fingerprint density at radius 3 is 0.923 bits per heavy atom. The highest BCUT2D eigenvalue weighted by Crippen LogP contribution is 2.53. The molecule has 3 aromatic heterocycles. The summed E-state index contributed by atoms with van der Waals surface area (Å²) in [6, 6.07) is 105. The van der Waals surface area contributed by atoms with Crippen molar-refractivity contribution in [3.8, 4) is 39.3 Å². The van der Waals surface area contributed by atoms with Crippen LogP contribution in [0.5, 0.6) is 0 Å². The number of hydrogen-bond acceptors (Lipinski definition) is 2. The van der Waals surface area contributed by atoms with Gasteiger partial charge in [-0.25, -0.2) is 0 Å². The lowest BCUT2D eigenvalue weighted by Gasteiger charge is -2.46. The summed E-state index contributed by atoms with van der Waals surface area (Å²) >= 11 is 0. The molecule has 0 saturated carbocycles. The number of aromatic nitrogens is 3. The van der Waals surface area contributed by atoms with Crippen molar-refractivity contribution >= 4 is 123 Å². The van der Waals surface area contributed by atoms with E-state index in [-0.39, 0.29) is 33.8 Å². The summed E-state index contributed by atoms with van der Waals surface area (Å²) in [6.45, 7) is 35.0. The second-order valence-corrected chi connectivity index (χ2v) is 34.7. The van der Waals surface area contributed by atoms with Gasteiger partial charge >= 0.3 is 0 Å². The number of rotatable bonds is 7. The molecule has 5 nitrogen and oxygen atoms in total. The van der Waals surface area contributed by atoms with Gasteiger partial charge in [-0.3, -0.25) is 0 Å². The van der Waals surface area contributed by atoms with E-state index in [2.05, 4.69) is 400 Å². The van der Waals surface area contributed by atoms with Gasteiger partial charge in [0.2, 0.25) is 0 Å². The monoisotopic (exact) mass is 1350 g/mol. The van der Waals surface area contributed by atoms with Gasteiger partial charge in [0.05, 0.1) is 44.5 Å². The average Bonchev–Trinajstić information content (AvgIpc) is 0.765. The van der Waals surface area contributed by atoms with E-state index < -0.39 is 0 Å². The Morgan fingerprint density at radius 1 is 0.221 bits per heavy atom. The van der Waals surface area contributed by atoms with Gasteiger partial charge < -0.3 is 23.5 Å². The molecular weight excluding hydrogens is 1260 g/mol. The fourth-order valence-corrected chi connectivity index (χ4v) is 17.1. The predicted molar refractivity (Wildman–Crippen MR) is 448 cm³/mol. The fraction of sp³-hybridized carbons (Fsp3) is 0.204. The van der Waals surface area contributed by atoms with E-state index in [4.69, 9.17) is 0 Å². The molecule has 0 saturated heterocycles. The van der Waals surface area contributed by atoms with Crippen LogP contribution in [0.4, 0.5) is 34.1 Å². The lowest BCUT2D eigenvalue weighted by molar-refractivity contribution is 0.589. The lowest BCUT2D eigenvalue weighted by atomic mass is 9.33. The number of nitrogens with zero attached hydrogens (tertiary/aromatic N) is 5. The molecule has 0 spiro atoms. The third-order valence-corrected chi connectivity index (χ3v) is 22.8. The first kappa shape index (κ1) is 65.0. The molecule has 510 valence electrons. The molecule has 0 amide bonds. The first-order valence-electron chi connectivity index (χ1n) is 37.3. The molecule has 2 aliphatic heterocycles. The number of anilines is 6. The minimum atomic E-state index is -0.285. The third kappa shape index (κ3) is 10.3. The van der Waals surface area contributed by atoms with Crippen LogP contribution in [0.25, 0.3) is 105 Å². The van der Waals surface area contributed by atoms with Crippen LogP contribution >= 0.6 is 0 Å². The molecule has 0 atom stereocenters. The van der Waals surface area contributed by atoms with Gasteiger partial charge in [0.15, 0.2) is 0 Å². The minimum absolute atomic E-state index is 0.0153. The van der Waals surface area contributed by atoms with Crippen LogP contribution in [0, 0.1) is 0 Å². The summed E-state index contributed by atoms with van der Waals surface area (Å²) in [5.74, 6) is 0. The maximum atomic E-state index is 2.70. The van der Waals surface area contributed by atoms with Gasteiger partial charge in [-0.1, -0.05) is 268 Å². The Morgan fingerprint density at radius 2 is 0.548 bits per heavy atom. The highest BCUT2D eigenvalue weighted by molar-refractivity contribution is 7.00. The lowest BCUT2D eigenvalue weighted by Crippen LogP contribution is -2.61. The molecule has 0 unspecified atom stereocenters. The van der Waals surface area contributed by atoms with Gasteiger partial charge in [-0.2, -0.15) is 0 Å². The smallest absolute Gasteiger partial charge is 0.252 e. The van der Waals surface area contributed by atoms with Crippen molar-refractivity contribution in [2.24, 2.45) is 0 Å². The molecule has 18 rings (SSSR count). The van der Waals surface area contributed by atoms with Gasteiger partial charge in [0.1, 0.15) is 0 Å². The SMILES string of the molecule is CC(C)(C)c1ccc(-c2cc(C(C)(C)C)ccc2N2c3cc(-n4c5ccccc5c5ccccc54)ccc3B3c4ccc(-n5c6ccccc6c6cc7c(cc65)c5ccccc5n7-c5ccccc5)cc4N(c4ccc(C(C)(C)C)cc4-c4ccc(C(C)(C)C)cc4)c4cc(C(C)(C)C)cc2c43)cc1. The van der Waals surface area contributed by atoms with E-state index in [9.17, 15) is 0 Å². The Balaban J connectivity index is 0.971.